The van der Waals surface area contributed by atoms with Crippen LogP contribution in [0.25, 0.3) is 0 Å². The molecule has 158 valence electrons. The molecule has 0 aromatic heterocycles. The quantitative estimate of drug-likeness (QED) is 0.420. The molecule has 1 aliphatic carbocycles. The number of ether oxygens (including phenoxy) is 4. The molecular formula is C23H30O6. The Kier molecular flexibility index (Phi) is 6.03. The van der Waals surface area contributed by atoms with Gasteiger partial charge in [-0.3, -0.25) is 9.59 Å². The van der Waals surface area contributed by atoms with E-state index in [1.807, 2.05) is 12.1 Å². The molecule has 29 heavy (non-hydrogen) atoms. The molecule has 6 nitrogen and oxygen atoms in total. The lowest BCUT2D eigenvalue weighted by Crippen LogP contribution is -2.54. The largest absolute Gasteiger partial charge is 0.493 e. The van der Waals surface area contributed by atoms with Crippen molar-refractivity contribution < 1.29 is 28.5 Å². The van der Waals surface area contributed by atoms with E-state index in [1.54, 1.807) is 13.2 Å². The summed E-state index contributed by atoms with van der Waals surface area (Å²) in [5.74, 6) is 0.885. The van der Waals surface area contributed by atoms with E-state index in [0.29, 0.717) is 24.7 Å². The molecule has 3 rings (SSSR count). The molecule has 0 unspecified atom stereocenters. The first-order valence-electron chi connectivity index (χ1n) is 9.99. The Balaban J connectivity index is 1.95. The minimum absolute atomic E-state index is 0.153. The zero-order valence-corrected chi connectivity index (χ0v) is 18.0. The number of methoxy groups -OCH3 is 1. The summed E-state index contributed by atoms with van der Waals surface area (Å²) in [7, 11) is 1.55. The second-order valence-electron chi connectivity index (χ2n) is 8.26. The minimum atomic E-state index is -0.395. The van der Waals surface area contributed by atoms with Crippen LogP contribution < -0.4 is 9.47 Å². The molecule has 5 atom stereocenters. The van der Waals surface area contributed by atoms with Crippen molar-refractivity contribution in [3.8, 4) is 11.5 Å². The van der Waals surface area contributed by atoms with E-state index in [-0.39, 0.29) is 35.2 Å². The van der Waals surface area contributed by atoms with Crippen molar-refractivity contribution in [2.45, 2.75) is 40.7 Å². The number of fused-ring (bicyclic) bond motifs is 2. The van der Waals surface area contributed by atoms with Gasteiger partial charge in [-0.05, 0) is 36.5 Å². The van der Waals surface area contributed by atoms with Crippen LogP contribution in [-0.4, -0.2) is 32.3 Å². The number of carbonyl (C=O) groups excluding carboxylic acids is 2. The van der Waals surface area contributed by atoms with Crippen molar-refractivity contribution in [2.75, 3.05) is 20.3 Å². The molecule has 0 radical (unpaired) electrons. The van der Waals surface area contributed by atoms with Crippen LogP contribution in [0.2, 0.25) is 0 Å². The van der Waals surface area contributed by atoms with Crippen LogP contribution in [0.1, 0.15) is 46.3 Å². The van der Waals surface area contributed by atoms with Gasteiger partial charge in [-0.1, -0.05) is 31.6 Å². The van der Waals surface area contributed by atoms with Gasteiger partial charge in [-0.2, -0.15) is 0 Å². The van der Waals surface area contributed by atoms with E-state index in [0.717, 1.165) is 5.56 Å². The fraction of sp³-hybridized carbons (Fsp3) is 0.565. The first-order chi connectivity index (χ1) is 13.7. The van der Waals surface area contributed by atoms with Gasteiger partial charge in [-0.15, -0.1) is 0 Å². The third kappa shape index (κ3) is 3.90. The molecule has 1 saturated heterocycles. The Morgan fingerprint density at radius 1 is 1.17 bits per heavy atom. The maximum atomic E-state index is 11.5. The van der Waals surface area contributed by atoms with Crippen LogP contribution in [0.3, 0.4) is 0 Å². The van der Waals surface area contributed by atoms with Gasteiger partial charge >= 0.3 is 11.9 Å². The standard InChI is InChI=1S/C23H30O6/c1-13-9-14(2)23(11-27-16(4)24)12-28-22(21(13)15(23)3)18-7-8-19(29-17(5)25)20(10-18)26-6/h7-10,14-15,21-22H,11-12H2,1-6H3/t14-,15+,21-,22-,23-/m0/s1. The second kappa shape index (κ2) is 8.19. The Bertz CT molecular complexity index is 829. The molecule has 0 saturated carbocycles. The van der Waals surface area contributed by atoms with Crippen molar-refractivity contribution in [3.05, 3.63) is 35.4 Å². The number of allylic oxidation sites excluding steroid dienone is 1. The maximum absolute atomic E-state index is 11.5. The lowest BCUT2D eigenvalue weighted by atomic mass is 9.56. The van der Waals surface area contributed by atoms with Gasteiger partial charge in [0.2, 0.25) is 0 Å². The highest BCUT2D eigenvalue weighted by Gasteiger charge is 2.54. The zero-order valence-electron chi connectivity index (χ0n) is 18.0. The molecule has 1 aromatic rings. The molecule has 1 aromatic carbocycles. The molecule has 0 spiro atoms. The summed E-state index contributed by atoms with van der Waals surface area (Å²) in [6, 6.07) is 5.54. The first-order valence-corrected chi connectivity index (χ1v) is 9.99. The van der Waals surface area contributed by atoms with Gasteiger partial charge in [0.05, 0.1) is 26.4 Å². The highest BCUT2D eigenvalue weighted by molar-refractivity contribution is 5.70. The van der Waals surface area contributed by atoms with E-state index >= 15 is 0 Å². The predicted molar refractivity (Wildman–Crippen MR) is 108 cm³/mol. The van der Waals surface area contributed by atoms with E-state index in [9.17, 15) is 9.59 Å². The van der Waals surface area contributed by atoms with E-state index in [4.69, 9.17) is 18.9 Å². The number of esters is 2. The topological polar surface area (TPSA) is 71.1 Å². The van der Waals surface area contributed by atoms with E-state index in [1.165, 1.54) is 19.4 Å². The van der Waals surface area contributed by atoms with Crippen LogP contribution in [0, 0.1) is 23.2 Å². The van der Waals surface area contributed by atoms with Crippen LogP contribution in [0.15, 0.2) is 29.8 Å². The summed E-state index contributed by atoms with van der Waals surface area (Å²) >= 11 is 0. The molecule has 1 fully saturated rings. The third-order valence-corrected chi connectivity index (χ3v) is 6.56. The summed E-state index contributed by atoms with van der Waals surface area (Å²) in [5, 5.41) is 0. The van der Waals surface area contributed by atoms with Crippen LogP contribution in [0.4, 0.5) is 0 Å². The first kappa shape index (κ1) is 21.4. The number of benzene rings is 1. The van der Waals surface area contributed by atoms with Gasteiger partial charge in [0.1, 0.15) is 0 Å². The zero-order chi connectivity index (χ0) is 21.3. The molecule has 0 amide bonds. The maximum Gasteiger partial charge on any atom is 0.308 e. The molecule has 2 aliphatic rings. The number of hydrogen-bond donors (Lipinski definition) is 0. The summed E-state index contributed by atoms with van der Waals surface area (Å²) in [4.78, 5) is 22.8. The highest BCUT2D eigenvalue weighted by atomic mass is 16.6. The number of hydrogen-bond acceptors (Lipinski definition) is 6. The Labute approximate surface area is 172 Å². The van der Waals surface area contributed by atoms with Gasteiger partial charge < -0.3 is 18.9 Å². The lowest BCUT2D eigenvalue weighted by Gasteiger charge is -2.55. The van der Waals surface area contributed by atoms with E-state index < -0.39 is 5.97 Å². The highest BCUT2D eigenvalue weighted by Crippen LogP contribution is 2.56. The fourth-order valence-corrected chi connectivity index (χ4v) is 4.89. The average Bonchev–Trinajstić information content (AvgIpc) is 2.65. The summed E-state index contributed by atoms with van der Waals surface area (Å²) in [6.45, 7) is 10.2. The summed E-state index contributed by atoms with van der Waals surface area (Å²) in [6.07, 6.45) is 2.13. The second-order valence-corrected chi connectivity index (χ2v) is 8.26. The number of rotatable bonds is 5. The molecule has 0 N–H and O–H groups in total. The Morgan fingerprint density at radius 2 is 1.90 bits per heavy atom. The Hall–Kier alpha value is -2.34. The van der Waals surface area contributed by atoms with Gasteiger partial charge in [-0.25, -0.2) is 0 Å². The smallest absolute Gasteiger partial charge is 0.308 e. The van der Waals surface area contributed by atoms with Gasteiger partial charge in [0, 0.05) is 25.2 Å². The van der Waals surface area contributed by atoms with Crippen molar-refractivity contribution >= 4 is 11.9 Å². The molecule has 1 heterocycles. The summed E-state index contributed by atoms with van der Waals surface area (Å²) < 4.78 is 22.5. The monoisotopic (exact) mass is 402 g/mol. The molecule has 2 bridgehead atoms. The molecular weight excluding hydrogens is 372 g/mol. The van der Waals surface area contributed by atoms with Crippen molar-refractivity contribution in [2.24, 2.45) is 23.2 Å². The van der Waals surface area contributed by atoms with Crippen molar-refractivity contribution in [1.82, 2.24) is 0 Å². The van der Waals surface area contributed by atoms with Crippen LogP contribution in [-0.2, 0) is 19.1 Å². The molecule has 6 heteroatoms. The minimum Gasteiger partial charge on any atom is -0.493 e. The van der Waals surface area contributed by atoms with Crippen molar-refractivity contribution in [1.29, 1.82) is 0 Å². The fourth-order valence-electron chi connectivity index (χ4n) is 4.89. The van der Waals surface area contributed by atoms with Crippen LogP contribution in [0.5, 0.6) is 11.5 Å². The summed E-state index contributed by atoms with van der Waals surface area (Å²) in [5.41, 5.74) is 2.00. The normalized spacial score (nSPS) is 30.9. The average molecular weight is 402 g/mol. The van der Waals surface area contributed by atoms with E-state index in [2.05, 4.69) is 26.8 Å². The Morgan fingerprint density at radius 3 is 2.52 bits per heavy atom. The lowest BCUT2D eigenvalue weighted by molar-refractivity contribution is -0.180. The van der Waals surface area contributed by atoms with Gasteiger partial charge in [0.25, 0.3) is 0 Å². The number of carbonyl (C=O) groups is 2. The molecule has 1 aliphatic heterocycles. The predicted octanol–water partition coefficient (Wildman–Crippen LogP) is 4.09. The van der Waals surface area contributed by atoms with Crippen molar-refractivity contribution in [3.63, 3.8) is 0 Å². The van der Waals surface area contributed by atoms with Gasteiger partial charge in [0.15, 0.2) is 11.5 Å². The van der Waals surface area contributed by atoms with Crippen LogP contribution >= 0.6 is 0 Å². The SMILES string of the molecule is COc1cc([C@@H]2OC[C@]3(COC(C)=O)[C@H](C)[C@@H]2C(C)=C[C@@H]3C)ccc1OC(C)=O. The third-order valence-electron chi connectivity index (χ3n) is 6.56.